The van der Waals surface area contributed by atoms with Crippen LogP contribution in [0.2, 0.25) is 0 Å². The molecular formula is C106H68N4OS. The lowest BCUT2D eigenvalue weighted by Gasteiger charge is -2.34. The van der Waals surface area contributed by atoms with Crippen LogP contribution in [0.4, 0.5) is 0 Å². The Morgan fingerprint density at radius 2 is 0.545 bits per heavy atom. The molecule has 524 valence electrons. The minimum Gasteiger partial charge on any atom is -0.455 e. The SMILES string of the molecule is c1ccc(-c2cc(-c3ccccc3)nc(-c3ccc(-c4ccc5c(c4)C(c4ccccc4)(c4ccccc4)c4ccccc4-5)c4oc5ccccc5c34)n2)cc1.c1ccc(-c2cc(-c3ccccc3)nc(-c3ccc(-c4ccc5c(c4)C(c4ccccc4)(c4ccccc4)c4ccccc4-5)c4sc5ccccc5c34)n2)cc1. The fourth-order valence-electron chi connectivity index (χ4n) is 17.9. The van der Waals surface area contributed by atoms with Crippen LogP contribution in [0.3, 0.4) is 0 Å². The molecule has 4 aromatic heterocycles. The van der Waals surface area contributed by atoms with Crippen LogP contribution in [0.25, 0.3) is 154 Å². The molecule has 2 aliphatic rings. The predicted octanol–water partition coefficient (Wildman–Crippen LogP) is 27.3. The number of benzene rings is 16. The van der Waals surface area contributed by atoms with Crippen molar-refractivity contribution in [2.75, 3.05) is 0 Å². The number of nitrogens with zero attached hydrogens (tertiary/aromatic N) is 4. The van der Waals surface area contributed by atoms with E-state index in [9.17, 15) is 0 Å². The zero-order valence-electron chi connectivity index (χ0n) is 60.9. The smallest absolute Gasteiger partial charge is 0.161 e. The van der Waals surface area contributed by atoms with Gasteiger partial charge in [-0.15, -0.1) is 11.3 Å². The molecule has 0 radical (unpaired) electrons. The van der Waals surface area contributed by atoms with Crippen LogP contribution in [-0.2, 0) is 10.8 Å². The van der Waals surface area contributed by atoms with Gasteiger partial charge in [0.25, 0.3) is 0 Å². The highest BCUT2D eigenvalue weighted by atomic mass is 32.1. The highest BCUT2D eigenvalue weighted by Gasteiger charge is 2.48. The minimum absolute atomic E-state index is 0.469. The molecule has 4 heterocycles. The molecule has 0 amide bonds. The molecule has 0 unspecified atom stereocenters. The molecule has 0 spiro atoms. The zero-order chi connectivity index (χ0) is 74.1. The van der Waals surface area contributed by atoms with Crippen molar-refractivity contribution in [2.45, 2.75) is 10.8 Å². The van der Waals surface area contributed by atoms with E-state index in [1.54, 1.807) is 0 Å². The summed E-state index contributed by atoms with van der Waals surface area (Å²) < 4.78 is 9.36. The van der Waals surface area contributed by atoms with Crippen molar-refractivity contribution in [3.8, 4) is 112 Å². The van der Waals surface area contributed by atoms with Crippen LogP contribution in [0.1, 0.15) is 44.5 Å². The largest absolute Gasteiger partial charge is 0.455 e. The van der Waals surface area contributed by atoms with Gasteiger partial charge in [0.15, 0.2) is 11.6 Å². The van der Waals surface area contributed by atoms with Crippen LogP contribution < -0.4 is 0 Å². The van der Waals surface area contributed by atoms with E-state index < -0.39 is 10.8 Å². The third-order valence-electron chi connectivity index (χ3n) is 22.8. The number of hydrogen-bond donors (Lipinski definition) is 0. The summed E-state index contributed by atoms with van der Waals surface area (Å²) in [6.07, 6.45) is 0. The van der Waals surface area contributed by atoms with Crippen LogP contribution in [0.15, 0.2) is 417 Å². The van der Waals surface area contributed by atoms with Gasteiger partial charge in [-0.3, -0.25) is 0 Å². The maximum atomic E-state index is 6.88. The van der Waals surface area contributed by atoms with E-state index in [1.165, 1.54) is 98.1 Å². The quantitative estimate of drug-likeness (QED) is 0.122. The van der Waals surface area contributed by atoms with E-state index in [2.05, 4.69) is 382 Å². The van der Waals surface area contributed by atoms with Gasteiger partial charge in [-0.25, -0.2) is 19.9 Å². The highest BCUT2D eigenvalue weighted by molar-refractivity contribution is 7.26. The lowest BCUT2D eigenvalue weighted by Crippen LogP contribution is -2.28. The summed E-state index contributed by atoms with van der Waals surface area (Å²) in [4.78, 5) is 21.1. The number of hydrogen-bond acceptors (Lipinski definition) is 6. The van der Waals surface area contributed by atoms with Crippen LogP contribution >= 0.6 is 11.3 Å². The van der Waals surface area contributed by atoms with Gasteiger partial charge in [0, 0.05) is 69.9 Å². The first-order valence-corrected chi connectivity index (χ1v) is 39.0. The number of fused-ring (bicyclic) bond motifs is 12. The Morgan fingerprint density at radius 3 is 0.982 bits per heavy atom. The van der Waals surface area contributed by atoms with Gasteiger partial charge in [-0.1, -0.05) is 358 Å². The number of thiophene rings is 1. The van der Waals surface area contributed by atoms with Crippen molar-refractivity contribution < 1.29 is 4.42 Å². The Bertz CT molecular complexity index is 6350. The topological polar surface area (TPSA) is 64.7 Å². The molecule has 2 aliphatic carbocycles. The van der Waals surface area contributed by atoms with Crippen molar-refractivity contribution in [3.05, 3.63) is 457 Å². The van der Waals surface area contributed by atoms with Crippen molar-refractivity contribution in [2.24, 2.45) is 0 Å². The molecule has 0 saturated heterocycles. The van der Waals surface area contributed by atoms with Gasteiger partial charge >= 0.3 is 0 Å². The summed E-state index contributed by atoms with van der Waals surface area (Å²) in [7, 11) is 0. The normalized spacial score (nSPS) is 12.8. The number of aromatic nitrogens is 4. The number of rotatable bonds is 12. The fraction of sp³-hybridized carbons (Fsp3) is 0.0189. The summed E-state index contributed by atoms with van der Waals surface area (Å²) >= 11 is 1.85. The molecule has 0 atom stereocenters. The average Bonchev–Trinajstić information content (AvgIpc) is 1.52. The van der Waals surface area contributed by atoms with E-state index in [0.717, 1.165) is 95.0 Å². The Morgan fingerprint density at radius 1 is 0.223 bits per heavy atom. The predicted molar refractivity (Wildman–Crippen MR) is 462 cm³/mol. The Hall–Kier alpha value is -14.3. The van der Waals surface area contributed by atoms with Gasteiger partial charge in [0.05, 0.1) is 33.6 Å². The molecule has 0 N–H and O–H groups in total. The molecule has 22 rings (SSSR count). The summed E-state index contributed by atoms with van der Waals surface area (Å²) in [6.45, 7) is 0. The first-order chi connectivity index (χ1) is 55.5. The lowest BCUT2D eigenvalue weighted by atomic mass is 9.67. The minimum atomic E-state index is -0.503. The van der Waals surface area contributed by atoms with Crippen LogP contribution in [0.5, 0.6) is 0 Å². The van der Waals surface area contributed by atoms with Crippen LogP contribution in [-0.4, -0.2) is 19.9 Å². The lowest BCUT2D eigenvalue weighted by molar-refractivity contribution is 0.670. The maximum absolute atomic E-state index is 6.88. The van der Waals surface area contributed by atoms with E-state index in [4.69, 9.17) is 24.4 Å². The maximum Gasteiger partial charge on any atom is 0.161 e. The first-order valence-electron chi connectivity index (χ1n) is 38.2. The average molecular weight is 1450 g/mol. The molecule has 16 aromatic carbocycles. The second-order valence-corrected chi connectivity index (χ2v) is 29.9. The Labute approximate surface area is 653 Å². The van der Waals surface area contributed by atoms with E-state index >= 15 is 0 Å². The van der Waals surface area contributed by atoms with Gasteiger partial charge in [-0.05, 0) is 138 Å². The first kappa shape index (κ1) is 65.9. The molecule has 20 aromatic rings. The van der Waals surface area contributed by atoms with Crippen molar-refractivity contribution in [3.63, 3.8) is 0 Å². The Kier molecular flexibility index (Phi) is 16.1. The highest BCUT2D eigenvalue weighted by Crippen LogP contribution is 2.60. The molecule has 0 aliphatic heterocycles. The third-order valence-corrected chi connectivity index (χ3v) is 24.0. The fourth-order valence-corrected chi connectivity index (χ4v) is 19.1. The number of furan rings is 1. The van der Waals surface area contributed by atoms with E-state index in [1.807, 2.05) is 41.7 Å². The van der Waals surface area contributed by atoms with E-state index in [0.29, 0.717) is 5.82 Å². The molecule has 6 heteroatoms. The summed E-state index contributed by atoms with van der Waals surface area (Å²) in [5.74, 6) is 1.38. The molecule has 0 fully saturated rings. The van der Waals surface area contributed by atoms with Gasteiger partial charge in [0.2, 0.25) is 0 Å². The second kappa shape index (κ2) is 27.4. The van der Waals surface area contributed by atoms with Crippen molar-refractivity contribution in [1.82, 2.24) is 19.9 Å². The Balaban J connectivity index is 0.000000141. The molecule has 0 bridgehead atoms. The molecular weight excluding hydrogens is 1380 g/mol. The third kappa shape index (κ3) is 10.8. The van der Waals surface area contributed by atoms with Gasteiger partial charge < -0.3 is 4.42 Å². The summed E-state index contributed by atoms with van der Waals surface area (Å²) in [6, 6.07) is 148. The van der Waals surface area contributed by atoms with Crippen LogP contribution in [0, 0.1) is 0 Å². The van der Waals surface area contributed by atoms with Gasteiger partial charge in [0.1, 0.15) is 11.2 Å². The summed E-state index contributed by atoms with van der Waals surface area (Å²) in [5, 5.41) is 4.44. The second-order valence-electron chi connectivity index (χ2n) is 28.9. The summed E-state index contributed by atoms with van der Waals surface area (Å²) in [5.41, 5.74) is 30.2. The monoisotopic (exact) mass is 1440 g/mol. The molecule has 0 saturated carbocycles. The number of para-hydroxylation sites is 1. The van der Waals surface area contributed by atoms with Crippen molar-refractivity contribution >= 4 is 53.4 Å². The van der Waals surface area contributed by atoms with E-state index in [-0.39, 0.29) is 0 Å². The zero-order valence-corrected chi connectivity index (χ0v) is 61.7. The standard InChI is InChI=1S/C53H34N2O.C53H34N2S/c2*1-5-17-35(18-6-1)47-34-48(36-19-7-2-8-20-36)55-52(54-47)44-32-31-40(51-50(44)43-26-14-16-28-49(43)56-51)37-29-30-42-41-25-13-15-27-45(41)53(46(42)33-37,38-21-9-3-10-22-38)39-23-11-4-12-24-39/h2*1-34H. The molecule has 112 heavy (non-hydrogen) atoms. The van der Waals surface area contributed by atoms with Gasteiger partial charge in [-0.2, -0.15) is 0 Å². The molecule has 5 nitrogen and oxygen atoms in total. The van der Waals surface area contributed by atoms with Crippen molar-refractivity contribution in [1.29, 1.82) is 0 Å².